The summed E-state index contributed by atoms with van der Waals surface area (Å²) < 4.78 is 0. The average Bonchev–Trinajstić information content (AvgIpc) is 2.67. The zero-order chi connectivity index (χ0) is 11.8. The lowest BCUT2D eigenvalue weighted by molar-refractivity contribution is 0.124. The van der Waals surface area contributed by atoms with Crippen molar-refractivity contribution >= 4 is 6.34 Å². The van der Waals surface area contributed by atoms with E-state index in [1.165, 1.54) is 32.1 Å². The van der Waals surface area contributed by atoms with Crippen molar-refractivity contribution in [3.63, 3.8) is 0 Å². The lowest BCUT2D eigenvalue weighted by Gasteiger charge is -2.29. The fourth-order valence-corrected chi connectivity index (χ4v) is 2.28. The lowest BCUT2D eigenvalue weighted by Crippen LogP contribution is -2.39. The second kappa shape index (κ2) is 7.53. The molecule has 3 heteroatoms. The van der Waals surface area contributed by atoms with E-state index in [1.54, 1.807) is 0 Å². The average molecular weight is 225 g/mol. The van der Waals surface area contributed by atoms with Gasteiger partial charge >= 0.3 is 0 Å². The molecule has 0 fully saturated rings. The van der Waals surface area contributed by atoms with Crippen LogP contribution in [0.1, 0.15) is 59.3 Å². The molecule has 1 aliphatic heterocycles. The van der Waals surface area contributed by atoms with Crippen molar-refractivity contribution in [2.75, 3.05) is 13.1 Å². The smallest absolute Gasteiger partial charge is 0.118 e. The largest absolute Gasteiger partial charge is 0.339 e. The van der Waals surface area contributed by atoms with Crippen LogP contribution in [0.2, 0.25) is 0 Å². The highest BCUT2D eigenvalue weighted by Gasteiger charge is 2.24. The molecule has 94 valence electrons. The van der Waals surface area contributed by atoms with E-state index in [1.807, 2.05) is 6.34 Å². The van der Waals surface area contributed by atoms with Crippen LogP contribution in [0, 0.1) is 0 Å². The maximum Gasteiger partial charge on any atom is 0.118 e. The highest BCUT2D eigenvalue weighted by atomic mass is 15.6. The Bertz CT molecular complexity index is 203. The van der Waals surface area contributed by atoms with Crippen molar-refractivity contribution in [2.45, 2.75) is 65.5 Å². The topological polar surface area (TPSA) is 18.8 Å². The van der Waals surface area contributed by atoms with E-state index >= 15 is 0 Å². The normalized spacial score (nSPS) is 19.8. The van der Waals surface area contributed by atoms with Gasteiger partial charge in [0.15, 0.2) is 0 Å². The Hall–Kier alpha value is -0.730. The van der Waals surface area contributed by atoms with Gasteiger partial charge in [-0.3, -0.25) is 5.01 Å². The van der Waals surface area contributed by atoms with Crippen molar-refractivity contribution in [1.82, 2.24) is 9.91 Å². The molecule has 0 aromatic heterocycles. The molecule has 1 unspecified atom stereocenters. The van der Waals surface area contributed by atoms with E-state index in [0.29, 0.717) is 6.17 Å². The molecule has 1 heterocycles. The van der Waals surface area contributed by atoms with Crippen molar-refractivity contribution in [3.8, 4) is 0 Å². The van der Waals surface area contributed by atoms with Crippen LogP contribution in [0.15, 0.2) is 5.10 Å². The van der Waals surface area contributed by atoms with E-state index in [0.717, 1.165) is 19.5 Å². The van der Waals surface area contributed by atoms with Gasteiger partial charge < -0.3 is 4.90 Å². The third-order valence-corrected chi connectivity index (χ3v) is 3.16. The molecule has 16 heavy (non-hydrogen) atoms. The fourth-order valence-electron chi connectivity index (χ4n) is 2.28. The van der Waals surface area contributed by atoms with Crippen LogP contribution in [0.25, 0.3) is 0 Å². The molecule has 3 nitrogen and oxygen atoms in total. The molecule has 0 amide bonds. The number of nitrogens with zero attached hydrogens (tertiary/aromatic N) is 3. The number of unbranched alkanes of at least 4 members (excludes halogenated alkanes) is 3. The fraction of sp³-hybridized carbons (Fsp3) is 0.923. The number of rotatable bonds is 8. The highest BCUT2D eigenvalue weighted by Crippen LogP contribution is 2.17. The van der Waals surface area contributed by atoms with E-state index < -0.39 is 0 Å². The first-order valence-electron chi connectivity index (χ1n) is 6.89. The van der Waals surface area contributed by atoms with Gasteiger partial charge in [0.2, 0.25) is 0 Å². The zero-order valence-corrected chi connectivity index (χ0v) is 11.2. The molecule has 0 N–H and O–H groups in total. The van der Waals surface area contributed by atoms with Crippen molar-refractivity contribution < 1.29 is 0 Å². The Balaban J connectivity index is 2.28. The molecule has 0 aliphatic carbocycles. The number of hydrogen-bond acceptors (Lipinski definition) is 3. The SMILES string of the molecule is CCCCCCN1N=CN(CCC)C1CC. The molecule has 0 aromatic carbocycles. The van der Waals surface area contributed by atoms with Gasteiger partial charge in [-0.05, 0) is 19.3 Å². The third kappa shape index (κ3) is 3.69. The minimum absolute atomic E-state index is 0.515. The second-order valence-electron chi connectivity index (χ2n) is 4.58. The molecule has 0 saturated heterocycles. The number of hydrazone groups is 1. The Labute approximate surface area is 100 Å². The monoisotopic (exact) mass is 225 g/mol. The Morgan fingerprint density at radius 1 is 1.00 bits per heavy atom. The second-order valence-corrected chi connectivity index (χ2v) is 4.58. The van der Waals surface area contributed by atoms with Gasteiger partial charge in [0, 0.05) is 13.1 Å². The predicted octanol–water partition coefficient (Wildman–Crippen LogP) is 3.27. The summed E-state index contributed by atoms with van der Waals surface area (Å²) in [4.78, 5) is 2.37. The first kappa shape index (κ1) is 13.3. The molecular formula is C13H27N3. The van der Waals surface area contributed by atoms with Gasteiger partial charge in [-0.15, -0.1) is 0 Å². The standard InChI is InChI=1S/C13H27N3/c1-4-7-8-9-11-16-13(6-3)15(10-5-2)12-14-16/h12-13H,4-11H2,1-3H3. The van der Waals surface area contributed by atoms with Crippen LogP contribution in [0.5, 0.6) is 0 Å². The molecule has 0 radical (unpaired) electrons. The Morgan fingerprint density at radius 3 is 2.44 bits per heavy atom. The van der Waals surface area contributed by atoms with Crippen LogP contribution in [-0.4, -0.2) is 35.5 Å². The van der Waals surface area contributed by atoms with E-state index in [-0.39, 0.29) is 0 Å². The molecule has 0 bridgehead atoms. The van der Waals surface area contributed by atoms with Crippen molar-refractivity contribution in [3.05, 3.63) is 0 Å². The van der Waals surface area contributed by atoms with Crippen LogP contribution < -0.4 is 0 Å². The minimum Gasteiger partial charge on any atom is -0.339 e. The van der Waals surface area contributed by atoms with Crippen LogP contribution >= 0.6 is 0 Å². The van der Waals surface area contributed by atoms with E-state index in [9.17, 15) is 0 Å². The summed E-state index contributed by atoms with van der Waals surface area (Å²) in [5.41, 5.74) is 0. The van der Waals surface area contributed by atoms with Gasteiger partial charge in [-0.25, -0.2) is 0 Å². The van der Waals surface area contributed by atoms with Crippen LogP contribution in [-0.2, 0) is 0 Å². The molecule has 0 aromatic rings. The molecule has 1 atom stereocenters. The zero-order valence-electron chi connectivity index (χ0n) is 11.2. The van der Waals surface area contributed by atoms with Gasteiger partial charge in [-0.2, -0.15) is 5.10 Å². The van der Waals surface area contributed by atoms with Gasteiger partial charge in [0.1, 0.15) is 12.5 Å². The summed E-state index contributed by atoms with van der Waals surface area (Å²) in [6.45, 7) is 8.99. The summed E-state index contributed by atoms with van der Waals surface area (Å²) in [6.07, 6.45) is 10.2. The van der Waals surface area contributed by atoms with Crippen molar-refractivity contribution in [1.29, 1.82) is 0 Å². The van der Waals surface area contributed by atoms with E-state index in [2.05, 4.69) is 35.8 Å². The van der Waals surface area contributed by atoms with Gasteiger partial charge in [0.25, 0.3) is 0 Å². The molecule has 0 spiro atoms. The number of hydrogen-bond donors (Lipinski definition) is 0. The summed E-state index contributed by atoms with van der Waals surface area (Å²) in [5.74, 6) is 0. The molecule has 1 rings (SSSR count). The van der Waals surface area contributed by atoms with E-state index in [4.69, 9.17) is 0 Å². The summed E-state index contributed by atoms with van der Waals surface area (Å²) in [7, 11) is 0. The van der Waals surface area contributed by atoms with Crippen LogP contribution in [0.4, 0.5) is 0 Å². The lowest BCUT2D eigenvalue weighted by atomic mass is 10.2. The molecule has 0 saturated carbocycles. The van der Waals surface area contributed by atoms with Crippen molar-refractivity contribution in [2.24, 2.45) is 5.10 Å². The molecule has 1 aliphatic rings. The quantitative estimate of drug-likeness (QED) is 0.590. The minimum atomic E-state index is 0.515. The first-order valence-corrected chi connectivity index (χ1v) is 6.89. The first-order chi connectivity index (χ1) is 7.83. The highest BCUT2D eigenvalue weighted by molar-refractivity contribution is 5.56. The maximum absolute atomic E-state index is 4.52. The molecular weight excluding hydrogens is 198 g/mol. The predicted molar refractivity (Wildman–Crippen MR) is 70.4 cm³/mol. The maximum atomic E-state index is 4.52. The summed E-state index contributed by atoms with van der Waals surface area (Å²) >= 11 is 0. The van der Waals surface area contributed by atoms with Crippen LogP contribution in [0.3, 0.4) is 0 Å². The Kier molecular flexibility index (Phi) is 6.27. The van der Waals surface area contributed by atoms with Gasteiger partial charge in [-0.1, -0.05) is 40.0 Å². The van der Waals surface area contributed by atoms with Gasteiger partial charge in [0.05, 0.1) is 0 Å². The Morgan fingerprint density at radius 2 is 1.81 bits per heavy atom. The summed E-state index contributed by atoms with van der Waals surface area (Å²) in [5, 5.41) is 6.79. The summed E-state index contributed by atoms with van der Waals surface area (Å²) in [6, 6.07) is 0. The third-order valence-electron chi connectivity index (χ3n) is 3.16.